The fourth-order valence-electron chi connectivity index (χ4n) is 1.39. The lowest BCUT2D eigenvalue weighted by Gasteiger charge is -2.14. The van der Waals surface area contributed by atoms with Gasteiger partial charge in [0.15, 0.2) is 5.58 Å². The van der Waals surface area contributed by atoms with Gasteiger partial charge in [-0.15, -0.1) is 0 Å². The van der Waals surface area contributed by atoms with Crippen molar-refractivity contribution < 1.29 is 4.42 Å². The molecule has 2 aromatic rings. The number of nitrogens with zero attached hydrogens (tertiary/aromatic N) is 3. The highest BCUT2D eigenvalue weighted by Crippen LogP contribution is 2.19. The molecule has 2 aromatic heterocycles. The number of hydrogen-bond donors (Lipinski definition) is 0. The lowest BCUT2D eigenvalue weighted by atomic mass is 10.5. The molecule has 0 aliphatic heterocycles. The summed E-state index contributed by atoms with van der Waals surface area (Å²) in [7, 11) is 0. The maximum atomic E-state index is 5.56. The van der Waals surface area contributed by atoms with Crippen LogP contribution in [0.5, 0.6) is 0 Å². The Bertz CT molecular complexity index is 387. The number of pyridine rings is 1. The maximum Gasteiger partial charge on any atom is 0.299 e. The molecule has 0 atom stereocenters. The molecular weight excluding hydrogens is 178 g/mol. The third kappa shape index (κ3) is 1.43. The van der Waals surface area contributed by atoms with E-state index >= 15 is 0 Å². The number of hydrogen-bond acceptors (Lipinski definition) is 4. The van der Waals surface area contributed by atoms with Crippen LogP contribution in [0.4, 0.5) is 6.01 Å². The Labute approximate surface area is 82.6 Å². The highest BCUT2D eigenvalue weighted by atomic mass is 16.4. The average molecular weight is 191 g/mol. The summed E-state index contributed by atoms with van der Waals surface area (Å²) in [6, 6.07) is 4.38. The normalized spacial score (nSPS) is 10.7. The molecule has 74 valence electrons. The van der Waals surface area contributed by atoms with Crippen molar-refractivity contribution in [1.29, 1.82) is 0 Å². The van der Waals surface area contributed by atoms with E-state index < -0.39 is 0 Å². The highest BCUT2D eigenvalue weighted by molar-refractivity contribution is 5.69. The van der Waals surface area contributed by atoms with Crippen molar-refractivity contribution in [2.24, 2.45) is 0 Å². The first-order valence-corrected chi connectivity index (χ1v) is 4.81. The van der Waals surface area contributed by atoms with Crippen molar-refractivity contribution in [3.63, 3.8) is 0 Å². The number of aromatic nitrogens is 2. The molecular formula is C10H13N3O. The molecule has 0 unspecified atom stereocenters. The minimum Gasteiger partial charge on any atom is -0.422 e. The molecule has 14 heavy (non-hydrogen) atoms. The van der Waals surface area contributed by atoms with Crippen LogP contribution in [0.15, 0.2) is 22.7 Å². The molecule has 0 amide bonds. The predicted octanol–water partition coefficient (Wildman–Crippen LogP) is 2.07. The first kappa shape index (κ1) is 8.99. The standard InChI is InChI=1S/C10H13N3O/c1-3-13(4-2)10-12-9-8(14-10)6-5-7-11-9/h5-7H,3-4H2,1-2H3. The molecule has 2 heterocycles. The second-order valence-electron chi connectivity index (χ2n) is 2.99. The van der Waals surface area contributed by atoms with E-state index in [4.69, 9.17) is 4.42 Å². The Morgan fingerprint density at radius 1 is 1.36 bits per heavy atom. The molecule has 0 aliphatic carbocycles. The molecule has 0 saturated carbocycles. The van der Waals surface area contributed by atoms with Crippen LogP contribution in [-0.2, 0) is 0 Å². The van der Waals surface area contributed by atoms with Crippen molar-refractivity contribution >= 4 is 17.2 Å². The van der Waals surface area contributed by atoms with Crippen LogP contribution in [0.25, 0.3) is 11.2 Å². The first-order chi connectivity index (χ1) is 6.85. The van der Waals surface area contributed by atoms with E-state index in [0.29, 0.717) is 11.7 Å². The van der Waals surface area contributed by atoms with Crippen molar-refractivity contribution in [2.45, 2.75) is 13.8 Å². The third-order valence-electron chi connectivity index (χ3n) is 2.19. The first-order valence-electron chi connectivity index (χ1n) is 4.81. The van der Waals surface area contributed by atoms with Crippen molar-refractivity contribution in [2.75, 3.05) is 18.0 Å². The number of anilines is 1. The average Bonchev–Trinajstić information content (AvgIpc) is 2.63. The zero-order chi connectivity index (χ0) is 9.97. The van der Waals surface area contributed by atoms with E-state index in [9.17, 15) is 0 Å². The zero-order valence-electron chi connectivity index (χ0n) is 8.40. The van der Waals surface area contributed by atoms with Crippen molar-refractivity contribution in [3.8, 4) is 0 Å². The van der Waals surface area contributed by atoms with Gasteiger partial charge in [0.25, 0.3) is 6.01 Å². The summed E-state index contributed by atoms with van der Waals surface area (Å²) in [5.41, 5.74) is 1.42. The zero-order valence-corrected chi connectivity index (χ0v) is 8.40. The Morgan fingerprint density at radius 3 is 2.79 bits per heavy atom. The molecule has 0 N–H and O–H groups in total. The van der Waals surface area contributed by atoms with Gasteiger partial charge in [-0.3, -0.25) is 0 Å². The van der Waals surface area contributed by atoms with Crippen LogP contribution in [0.1, 0.15) is 13.8 Å². The van der Waals surface area contributed by atoms with Crippen LogP contribution in [0, 0.1) is 0 Å². The van der Waals surface area contributed by atoms with E-state index in [-0.39, 0.29) is 0 Å². The van der Waals surface area contributed by atoms with E-state index in [1.165, 1.54) is 0 Å². The lowest BCUT2D eigenvalue weighted by Crippen LogP contribution is -2.21. The summed E-state index contributed by atoms with van der Waals surface area (Å²) < 4.78 is 5.56. The van der Waals surface area contributed by atoms with Gasteiger partial charge in [-0.2, -0.15) is 4.98 Å². The van der Waals surface area contributed by atoms with E-state index in [1.807, 2.05) is 12.1 Å². The molecule has 0 aromatic carbocycles. The Morgan fingerprint density at radius 2 is 2.14 bits per heavy atom. The van der Waals surface area contributed by atoms with E-state index in [2.05, 4.69) is 28.7 Å². The SMILES string of the molecule is CCN(CC)c1nc2ncccc2o1. The molecule has 0 fully saturated rings. The second-order valence-corrected chi connectivity index (χ2v) is 2.99. The monoisotopic (exact) mass is 191 g/mol. The van der Waals surface area contributed by atoms with E-state index in [1.54, 1.807) is 6.20 Å². The molecule has 0 bridgehead atoms. The topological polar surface area (TPSA) is 42.2 Å². The van der Waals surface area contributed by atoms with Gasteiger partial charge < -0.3 is 9.32 Å². The predicted molar refractivity (Wildman–Crippen MR) is 55.4 cm³/mol. The number of rotatable bonds is 3. The van der Waals surface area contributed by atoms with Crippen LogP contribution in [0.3, 0.4) is 0 Å². The van der Waals surface area contributed by atoms with Crippen LogP contribution in [-0.4, -0.2) is 23.1 Å². The summed E-state index contributed by atoms with van der Waals surface area (Å²) in [6.07, 6.45) is 1.72. The third-order valence-corrected chi connectivity index (χ3v) is 2.19. The smallest absolute Gasteiger partial charge is 0.299 e. The fourth-order valence-corrected chi connectivity index (χ4v) is 1.39. The van der Waals surface area contributed by atoms with Crippen molar-refractivity contribution in [3.05, 3.63) is 18.3 Å². The Balaban J connectivity index is 2.43. The van der Waals surface area contributed by atoms with Gasteiger partial charge >= 0.3 is 0 Å². The Hall–Kier alpha value is -1.58. The van der Waals surface area contributed by atoms with Crippen LogP contribution < -0.4 is 4.90 Å². The Kier molecular flexibility index (Phi) is 2.35. The van der Waals surface area contributed by atoms with Gasteiger partial charge in [0, 0.05) is 19.3 Å². The van der Waals surface area contributed by atoms with Crippen LogP contribution >= 0.6 is 0 Å². The lowest BCUT2D eigenvalue weighted by molar-refractivity contribution is 0.576. The van der Waals surface area contributed by atoms with Gasteiger partial charge in [-0.25, -0.2) is 4.98 Å². The molecule has 0 radical (unpaired) electrons. The summed E-state index contributed by atoms with van der Waals surface area (Å²) in [6.45, 7) is 5.93. The maximum absolute atomic E-state index is 5.56. The summed E-state index contributed by atoms with van der Waals surface area (Å²) >= 11 is 0. The second kappa shape index (κ2) is 3.65. The highest BCUT2D eigenvalue weighted by Gasteiger charge is 2.10. The number of oxazole rings is 1. The molecule has 4 nitrogen and oxygen atoms in total. The van der Waals surface area contributed by atoms with Gasteiger partial charge in [-0.1, -0.05) is 0 Å². The molecule has 4 heteroatoms. The molecule has 0 aliphatic rings. The molecule has 0 saturated heterocycles. The fraction of sp³-hybridized carbons (Fsp3) is 0.400. The van der Waals surface area contributed by atoms with E-state index in [0.717, 1.165) is 18.7 Å². The largest absolute Gasteiger partial charge is 0.422 e. The summed E-state index contributed by atoms with van der Waals surface area (Å²) in [5, 5.41) is 0. The van der Waals surface area contributed by atoms with Crippen LogP contribution in [0.2, 0.25) is 0 Å². The van der Waals surface area contributed by atoms with Gasteiger partial charge in [-0.05, 0) is 26.0 Å². The summed E-state index contributed by atoms with van der Waals surface area (Å²) in [5.74, 6) is 0. The quantitative estimate of drug-likeness (QED) is 0.744. The number of fused-ring (bicyclic) bond motifs is 1. The molecule has 2 rings (SSSR count). The minimum atomic E-state index is 0.656. The van der Waals surface area contributed by atoms with Gasteiger partial charge in [0.1, 0.15) is 0 Å². The molecule has 0 spiro atoms. The van der Waals surface area contributed by atoms with Gasteiger partial charge in [0.2, 0.25) is 5.65 Å². The van der Waals surface area contributed by atoms with Gasteiger partial charge in [0.05, 0.1) is 0 Å². The summed E-state index contributed by atoms with van der Waals surface area (Å²) in [4.78, 5) is 10.5. The van der Waals surface area contributed by atoms with Crippen molar-refractivity contribution in [1.82, 2.24) is 9.97 Å². The minimum absolute atomic E-state index is 0.656.